The van der Waals surface area contributed by atoms with Crippen LogP contribution in [0.3, 0.4) is 0 Å². The molecule has 1 rings (SSSR count). The zero-order valence-corrected chi connectivity index (χ0v) is 10.5. The fourth-order valence-electron chi connectivity index (χ4n) is 1.91. The summed E-state index contributed by atoms with van der Waals surface area (Å²) >= 11 is 0. The van der Waals surface area contributed by atoms with E-state index in [0.29, 0.717) is 0 Å². The van der Waals surface area contributed by atoms with Gasteiger partial charge in [-0.15, -0.1) is 0 Å². The molecule has 106 valence electrons. The van der Waals surface area contributed by atoms with Gasteiger partial charge in [-0.1, -0.05) is 0 Å². The average molecular weight is 264 g/mol. The summed E-state index contributed by atoms with van der Waals surface area (Å²) in [4.78, 5) is 10.3. The van der Waals surface area contributed by atoms with Crippen LogP contribution in [0.1, 0.15) is 13.3 Å². The smallest absolute Gasteiger partial charge is 0.305 e. The van der Waals surface area contributed by atoms with Crippen molar-refractivity contribution < 1.29 is 34.3 Å². The van der Waals surface area contributed by atoms with E-state index in [4.69, 9.17) is 19.3 Å². The molecule has 0 spiro atoms. The van der Waals surface area contributed by atoms with E-state index >= 15 is 0 Å². The topological polar surface area (TPSA) is 105 Å². The summed E-state index contributed by atoms with van der Waals surface area (Å²) in [5.74, 6) is -0.938. The van der Waals surface area contributed by atoms with Gasteiger partial charge in [0.05, 0.1) is 25.7 Å². The molecule has 3 N–H and O–H groups in total. The number of aliphatic hydroxyl groups is 2. The molecule has 0 saturated carbocycles. The van der Waals surface area contributed by atoms with Crippen LogP contribution in [0.2, 0.25) is 0 Å². The van der Waals surface area contributed by atoms with Gasteiger partial charge in [0.2, 0.25) is 0 Å². The van der Waals surface area contributed by atoms with Crippen molar-refractivity contribution in [3.8, 4) is 0 Å². The average Bonchev–Trinajstić information content (AvgIpc) is 2.32. The SMILES string of the molecule is CO[C@@H]1C(COCCC(=O)O)O[C@H](C)C(O)[C@@H]1O. The molecule has 1 aliphatic rings. The number of carboxylic acid groups (broad SMARTS) is 1. The maximum atomic E-state index is 10.3. The Bertz CT molecular complexity index is 270. The summed E-state index contributed by atoms with van der Waals surface area (Å²) < 4.78 is 15.7. The lowest BCUT2D eigenvalue weighted by Crippen LogP contribution is -2.58. The summed E-state index contributed by atoms with van der Waals surface area (Å²) in [6.07, 6.45) is -3.90. The van der Waals surface area contributed by atoms with E-state index in [1.807, 2.05) is 0 Å². The van der Waals surface area contributed by atoms with Crippen molar-refractivity contribution in [2.24, 2.45) is 0 Å². The summed E-state index contributed by atoms with van der Waals surface area (Å²) in [5.41, 5.74) is 0. The van der Waals surface area contributed by atoms with Crippen LogP contribution in [0.5, 0.6) is 0 Å². The molecular weight excluding hydrogens is 244 g/mol. The van der Waals surface area contributed by atoms with Gasteiger partial charge in [-0.2, -0.15) is 0 Å². The Labute approximate surface area is 105 Å². The van der Waals surface area contributed by atoms with Crippen LogP contribution in [0.4, 0.5) is 0 Å². The number of hydrogen-bond donors (Lipinski definition) is 3. The number of rotatable bonds is 6. The Morgan fingerprint density at radius 3 is 2.56 bits per heavy atom. The zero-order chi connectivity index (χ0) is 13.7. The first-order valence-corrected chi connectivity index (χ1v) is 5.81. The first-order chi connectivity index (χ1) is 8.47. The molecule has 1 saturated heterocycles. The minimum atomic E-state index is -1.05. The monoisotopic (exact) mass is 264 g/mol. The molecule has 0 radical (unpaired) electrons. The highest BCUT2D eigenvalue weighted by Gasteiger charge is 2.42. The molecular formula is C11H20O7. The second-order valence-corrected chi connectivity index (χ2v) is 4.28. The van der Waals surface area contributed by atoms with Crippen LogP contribution in [0.15, 0.2) is 0 Å². The van der Waals surface area contributed by atoms with Crippen LogP contribution in [0.25, 0.3) is 0 Å². The van der Waals surface area contributed by atoms with Gasteiger partial charge in [0.25, 0.3) is 0 Å². The highest BCUT2D eigenvalue weighted by Crippen LogP contribution is 2.23. The van der Waals surface area contributed by atoms with E-state index in [1.165, 1.54) is 7.11 Å². The Hall–Kier alpha value is -0.730. The Balaban J connectivity index is 2.44. The van der Waals surface area contributed by atoms with Crippen molar-refractivity contribution in [1.82, 2.24) is 0 Å². The van der Waals surface area contributed by atoms with Crippen LogP contribution < -0.4 is 0 Å². The molecule has 2 unspecified atom stereocenters. The van der Waals surface area contributed by atoms with Gasteiger partial charge in [-0.05, 0) is 6.92 Å². The fourth-order valence-corrected chi connectivity index (χ4v) is 1.91. The molecule has 0 bridgehead atoms. The maximum Gasteiger partial charge on any atom is 0.305 e. The molecule has 7 heteroatoms. The van der Waals surface area contributed by atoms with Crippen molar-refractivity contribution in [3.63, 3.8) is 0 Å². The van der Waals surface area contributed by atoms with Gasteiger partial charge in [-0.3, -0.25) is 4.79 Å². The number of methoxy groups -OCH3 is 1. The lowest BCUT2D eigenvalue weighted by atomic mass is 9.96. The highest BCUT2D eigenvalue weighted by atomic mass is 16.6. The van der Waals surface area contributed by atoms with Crippen molar-refractivity contribution in [2.75, 3.05) is 20.3 Å². The number of aliphatic hydroxyl groups excluding tert-OH is 2. The van der Waals surface area contributed by atoms with Crippen molar-refractivity contribution in [3.05, 3.63) is 0 Å². The van der Waals surface area contributed by atoms with E-state index in [2.05, 4.69) is 0 Å². The molecule has 0 aromatic carbocycles. The molecule has 1 fully saturated rings. The standard InChI is InChI=1S/C11H20O7/c1-6-9(14)10(15)11(16-2)7(18-6)5-17-4-3-8(12)13/h6-7,9-11,14-15H,3-5H2,1-2H3,(H,12,13)/t6-,7?,9?,10+,11-/m1/s1. The quantitative estimate of drug-likeness (QED) is 0.528. The summed E-state index contributed by atoms with van der Waals surface area (Å²) in [7, 11) is 1.41. The second-order valence-electron chi connectivity index (χ2n) is 4.28. The maximum absolute atomic E-state index is 10.3. The lowest BCUT2D eigenvalue weighted by Gasteiger charge is -2.40. The Morgan fingerprint density at radius 1 is 1.33 bits per heavy atom. The van der Waals surface area contributed by atoms with Crippen LogP contribution in [0, 0.1) is 0 Å². The Morgan fingerprint density at radius 2 is 2.00 bits per heavy atom. The summed E-state index contributed by atoms with van der Waals surface area (Å²) in [6.45, 7) is 1.82. The molecule has 0 aliphatic carbocycles. The number of ether oxygens (including phenoxy) is 3. The van der Waals surface area contributed by atoms with E-state index < -0.39 is 36.5 Å². The largest absolute Gasteiger partial charge is 0.481 e. The molecule has 0 aromatic heterocycles. The lowest BCUT2D eigenvalue weighted by molar-refractivity contribution is -0.234. The number of aliphatic carboxylic acids is 1. The normalized spacial score (nSPS) is 36.6. The van der Waals surface area contributed by atoms with Crippen molar-refractivity contribution >= 4 is 5.97 Å². The second kappa shape index (κ2) is 7.01. The van der Waals surface area contributed by atoms with Crippen LogP contribution in [-0.4, -0.2) is 72.1 Å². The van der Waals surface area contributed by atoms with Crippen molar-refractivity contribution in [2.45, 2.75) is 43.9 Å². The van der Waals surface area contributed by atoms with E-state index in [0.717, 1.165) is 0 Å². The molecule has 1 aliphatic heterocycles. The molecule has 0 aromatic rings. The molecule has 18 heavy (non-hydrogen) atoms. The summed E-state index contributed by atoms with van der Waals surface area (Å²) in [6, 6.07) is 0. The third-order valence-corrected chi connectivity index (χ3v) is 2.94. The number of carboxylic acids is 1. The zero-order valence-electron chi connectivity index (χ0n) is 10.5. The van der Waals surface area contributed by atoms with Crippen LogP contribution in [-0.2, 0) is 19.0 Å². The Kier molecular flexibility index (Phi) is 5.97. The van der Waals surface area contributed by atoms with E-state index in [1.54, 1.807) is 6.92 Å². The van der Waals surface area contributed by atoms with Gasteiger partial charge in [0.15, 0.2) is 0 Å². The summed E-state index contributed by atoms with van der Waals surface area (Å²) in [5, 5.41) is 27.9. The number of hydrogen-bond acceptors (Lipinski definition) is 6. The first-order valence-electron chi connectivity index (χ1n) is 5.81. The minimum absolute atomic E-state index is 0.0681. The van der Waals surface area contributed by atoms with Crippen molar-refractivity contribution in [1.29, 1.82) is 0 Å². The predicted octanol–water partition coefficient (Wildman–Crippen LogP) is -0.998. The minimum Gasteiger partial charge on any atom is -0.481 e. The van der Waals surface area contributed by atoms with Gasteiger partial charge >= 0.3 is 5.97 Å². The molecule has 5 atom stereocenters. The van der Waals surface area contributed by atoms with Crippen LogP contribution >= 0.6 is 0 Å². The highest BCUT2D eigenvalue weighted by molar-refractivity contribution is 5.66. The van der Waals surface area contributed by atoms with Gasteiger partial charge < -0.3 is 29.5 Å². The molecule has 0 amide bonds. The van der Waals surface area contributed by atoms with Gasteiger partial charge in [0, 0.05) is 7.11 Å². The molecule has 7 nitrogen and oxygen atoms in total. The van der Waals surface area contributed by atoms with E-state index in [9.17, 15) is 15.0 Å². The number of carbonyl (C=O) groups is 1. The molecule has 1 heterocycles. The third kappa shape index (κ3) is 3.89. The van der Waals surface area contributed by atoms with Gasteiger partial charge in [0.1, 0.15) is 24.4 Å². The van der Waals surface area contributed by atoms with E-state index in [-0.39, 0.29) is 19.6 Å². The predicted molar refractivity (Wildman–Crippen MR) is 60.2 cm³/mol. The fraction of sp³-hybridized carbons (Fsp3) is 0.909. The third-order valence-electron chi connectivity index (χ3n) is 2.94. The van der Waals surface area contributed by atoms with Gasteiger partial charge in [-0.25, -0.2) is 0 Å². The first kappa shape index (κ1) is 15.3.